The molecule has 1 heterocycles. The van der Waals surface area contributed by atoms with E-state index in [2.05, 4.69) is 20.7 Å². The molecule has 0 bridgehead atoms. The third-order valence-electron chi connectivity index (χ3n) is 3.65. The second-order valence-corrected chi connectivity index (χ2v) is 5.52. The van der Waals surface area contributed by atoms with Gasteiger partial charge in [0.2, 0.25) is 11.7 Å². The number of nitrogens with zero attached hydrogens (tertiary/aromatic N) is 4. The number of carboxylic acid groups (broad SMARTS) is 1. The molecule has 1 amide bonds. The van der Waals surface area contributed by atoms with Crippen LogP contribution in [0.3, 0.4) is 0 Å². The van der Waals surface area contributed by atoms with Crippen LogP contribution in [0.1, 0.15) is 39.2 Å². The molecule has 1 aromatic heterocycles. The van der Waals surface area contributed by atoms with E-state index in [1.165, 1.54) is 4.80 Å². The summed E-state index contributed by atoms with van der Waals surface area (Å²) in [5, 5.41) is 23.8. The Morgan fingerprint density at radius 3 is 2.62 bits per heavy atom. The average molecular weight is 331 g/mol. The molecule has 24 heavy (non-hydrogen) atoms. The van der Waals surface area contributed by atoms with Gasteiger partial charge in [-0.2, -0.15) is 4.80 Å². The van der Waals surface area contributed by atoms with Crippen molar-refractivity contribution in [3.05, 3.63) is 30.3 Å². The van der Waals surface area contributed by atoms with E-state index in [-0.39, 0.29) is 0 Å². The van der Waals surface area contributed by atoms with E-state index in [1.807, 2.05) is 37.3 Å². The highest BCUT2D eigenvalue weighted by molar-refractivity contribution is 5.85. The number of hydrogen-bond acceptors (Lipinski definition) is 5. The van der Waals surface area contributed by atoms with E-state index >= 15 is 0 Å². The van der Waals surface area contributed by atoms with E-state index in [0.717, 1.165) is 18.4 Å². The first kappa shape index (κ1) is 17.6. The minimum Gasteiger partial charge on any atom is -0.480 e. The maximum absolute atomic E-state index is 12.3. The fourth-order valence-corrected chi connectivity index (χ4v) is 2.15. The van der Waals surface area contributed by atoms with Gasteiger partial charge in [-0.15, -0.1) is 10.2 Å². The lowest BCUT2D eigenvalue weighted by molar-refractivity contribution is -0.142. The van der Waals surface area contributed by atoms with Gasteiger partial charge in [0.1, 0.15) is 12.1 Å². The number of carboxylic acids is 1. The van der Waals surface area contributed by atoms with Crippen LogP contribution in [0.2, 0.25) is 0 Å². The number of unbranched alkanes of at least 4 members (excludes halogenated alkanes) is 1. The summed E-state index contributed by atoms with van der Waals surface area (Å²) in [4.78, 5) is 24.7. The lowest BCUT2D eigenvalue weighted by Crippen LogP contribution is -2.43. The first-order valence-electron chi connectivity index (χ1n) is 7.91. The second-order valence-electron chi connectivity index (χ2n) is 5.52. The lowest BCUT2D eigenvalue weighted by atomic mass is 10.1. The summed E-state index contributed by atoms with van der Waals surface area (Å²) in [7, 11) is 0. The molecule has 0 aliphatic carbocycles. The first-order chi connectivity index (χ1) is 11.5. The average Bonchev–Trinajstić information content (AvgIpc) is 3.08. The Hall–Kier alpha value is -2.77. The number of nitrogens with one attached hydrogen (secondary N) is 1. The molecule has 128 valence electrons. The van der Waals surface area contributed by atoms with Crippen LogP contribution in [0.25, 0.3) is 11.4 Å². The maximum Gasteiger partial charge on any atom is 0.326 e. The predicted octanol–water partition coefficient (Wildman–Crippen LogP) is 1.66. The van der Waals surface area contributed by atoms with Crippen LogP contribution in [0.5, 0.6) is 0 Å². The summed E-state index contributed by atoms with van der Waals surface area (Å²) >= 11 is 0. The number of benzene rings is 1. The smallest absolute Gasteiger partial charge is 0.326 e. The molecular formula is C16H21N5O3. The quantitative estimate of drug-likeness (QED) is 0.761. The van der Waals surface area contributed by atoms with Gasteiger partial charge in [0.25, 0.3) is 0 Å². The number of aromatic nitrogens is 4. The zero-order valence-corrected chi connectivity index (χ0v) is 13.7. The number of aliphatic carboxylic acids is 1. The van der Waals surface area contributed by atoms with Crippen LogP contribution in [-0.2, 0) is 9.59 Å². The van der Waals surface area contributed by atoms with Gasteiger partial charge >= 0.3 is 5.97 Å². The summed E-state index contributed by atoms with van der Waals surface area (Å²) in [5.41, 5.74) is 0.794. The molecule has 0 saturated carbocycles. The standard InChI is InChI=1S/C16H21N5O3/c1-3-4-10-13(16(23)24)17-15(22)11(2)21-19-14(18-20-21)12-8-6-5-7-9-12/h5-9,11,13H,3-4,10H2,1-2H3,(H,17,22)(H,23,24). The van der Waals surface area contributed by atoms with Crippen LogP contribution in [0.15, 0.2) is 30.3 Å². The van der Waals surface area contributed by atoms with E-state index in [0.29, 0.717) is 12.2 Å². The van der Waals surface area contributed by atoms with Crippen molar-refractivity contribution in [3.8, 4) is 11.4 Å². The van der Waals surface area contributed by atoms with Gasteiger partial charge in [-0.3, -0.25) is 4.79 Å². The number of carbonyl (C=O) groups excluding carboxylic acids is 1. The summed E-state index contributed by atoms with van der Waals surface area (Å²) < 4.78 is 0. The number of rotatable bonds is 8. The molecule has 0 saturated heterocycles. The largest absolute Gasteiger partial charge is 0.480 e. The van der Waals surface area contributed by atoms with E-state index in [1.54, 1.807) is 6.92 Å². The molecule has 2 unspecified atom stereocenters. The van der Waals surface area contributed by atoms with E-state index < -0.39 is 24.0 Å². The number of tetrazole rings is 1. The van der Waals surface area contributed by atoms with Crippen molar-refractivity contribution in [2.45, 2.75) is 45.2 Å². The highest BCUT2D eigenvalue weighted by Crippen LogP contribution is 2.13. The number of hydrogen-bond donors (Lipinski definition) is 2. The molecule has 1 aromatic carbocycles. The van der Waals surface area contributed by atoms with Crippen molar-refractivity contribution in [2.75, 3.05) is 0 Å². The van der Waals surface area contributed by atoms with Gasteiger partial charge in [0.15, 0.2) is 0 Å². The Kier molecular flexibility index (Phi) is 6.00. The lowest BCUT2D eigenvalue weighted by Gasteiger charge is -2.16. The van der Waals surface area contributed by atoms with Gasteiger partial charge in [0.05, 0.1) is 0 Å². The van der Waals surface area contributed by atoms with Crippen LogP contribution in [0, 0.1) is 0 Å². The van der Waals surface area contributed by atoms with Crippen molar-refractivity contribution in [3.63, 3.8) is 0 Å². The minimum absolute atomic E-state index is 0.393. The molecule has 8 nitrogen and oxygen atoms in total. The topological polar surface area (TPSA) is 110 Å². The van der Waals surface area contributed by atoms with E-state index in [9.17, 15) is 14.7 Å². The zero-order chi connectivity index (χ0) is 17.5. The summed E-state index contributed by atoms with van der Waals surface area (Å²) in [6, 6.07) is 7.63. The summed E-state index contributed by atoms with van der Waals surface area (Å²) in [6.45, 7) is 3.57. The Morgan fingerprint density at radius 1 is 1.29 bits per heavy atom. The van der Waals surface area contributed by atoms with Crippen molar-refractivity contribution in [1.82, 2.24) is 25.5 Å². The molecule has 0 aliphatic rings. The molecule has 2 N–H and O–H groups in total. The molecule has 2 aromatic rings. The van der Waals surface area contributed by atoms with Gasteiger partial charge < -0.3 is 10.4 Å². The van der Waals surface area contributed by atoms with Crippen molar-refractivity contribution in [2.24, 2.45) is 0 Å². The Bertz CT molecular complexity index is 686. The van der Waals surface area contributed by atoms with Crippen molar-refractivity contribution < 1.29 is 14.7 Å². The first-order valence-corrected chi connectivity index (χ1v) is 7.91. The molecular weight excluding hydrogens is 310 g/mol. The zero-order valence-electron chi connectivity index (χ0n) is 13.7. The molecule has 2 rings (SSSR count). The summed E-state index contributed by atoms with van der Waals surface area (Å²) in [6.07, 6.45) is 1.98. The van der Waals surface area contributed by atoms with Gasteiger partial charge in [-0.25, -0.2) is 4.79 Å². The van der Waals surface area contributed by atoms with Gasteiger partial charge in [0, 0.05) is 5.56 Å². The van der Waals surface area contributed by atoms with Crippen molar-refractivity contribution in [1.29, 1.82) is 0 Å². The van der Waals surface area contributed by atoms with Crippen LogP contribution < -0.4 is 5.32 Å². The Morgan fingerprint density at radius 2 is 2.00 bits per heavy atom. The SMILES string of the molecule is CCCCC(NC(=O)C(C)n1nnc(-c2ccccc2)n1)C(=O)O. The molecule has 0 spiro atoms. The van der Waals surface area contributed by atoms with Crippen LogP contribution >= 0.6 is 0 Å². The Labute approximate surface area is 139 Å². The van der Waals surface area contributed by atoms with Gasteiger partial charge in [-0.1, -0.05) is 50.1 Å². The fraction of sp³-hybridized carbons (Fsp3) is 0.438. The summed E-state index contributed by atoms with van der Waals surface area (Å²) in [5.74, 6) is -1.08. The second kappa shape index (κ2) is 8.19. The van der Waals surface area contributed by atoms with Crippen LogP contribution in [0.4, 0.5) is 0 Å². The minimum atomic E-state index is -1.04. The molecule has 8 heteroatoms. The molecule has 0 radical (unpaired) electrons. The van der Waals surface area contributed by atoms with Gasteiger partial charge in [-0.05, 0) is 18.6 Å². The number of carbonyl (C=O) groups is 2. The Balaban J connectivity index is 2.05. The molecule has 2 atom stereocenters. The molecule has 0 aliphatic heterocycles. The third kappa shape index (κ3) is 4.37. The van der Waals surface area contributed by atoms with Crippen LogP contribution in [-0.4, -0.2) is 43.2 Å². The monoisotopic (exact) mass is 331 g/mol. The third-order valence-corrected chi connectivity index (χ3v) is 3.65. The molecule has 0 fully saturated rings. The number of amides is 1. The highest BCUT2D eigenvalue weighted by Gasteiger charge is 2.25. The highest BCUT2D eigenvalue weighted by atomic mass is 16.4. The van der Waals surface area contributed by atoms with Crippen molar-refractivity contribution >= 4 is 11.9 Å². The normalized spacial score (nSPS) is 13.2. The maximum atomic E-state index is 12.3. The fourth-order valence-electron chi connectivity index (χ4n) is 2.15. The van der Waals surface area contributed by atoms with E-state index in [4.69, 9.17) is 0 Å². The predicted molar refractivity (Wildman–Crippen MR) is 87.1 cm³/mol.